The van der Waals surface area contributed by atoms with Crippen LogP contribution in [0.4, 0.5) is 0 Å². The molecule has 0 fully saturated rings. The van der Waals surface area contributed by atoms with Gasteiger partial charge < -0.3 is 4.90 Å². The minimum atomic E-state index is 0.694. The molecule has 0 aliphatic rings. The summed E-state index contributed by atoms with van der Waals surface area (Å²) in [5.41, 5.74) is 0. The van der Waals surface area contributed by atoms with Crippen molar-refractivity contribution in [3.63, 3.8) is 0 Å². The number of hydrogen-bond donors (Lipinski definition) is 0. The molecule has 0 spiro atoms. The van der Waals surface area contributed by atoms with E-state index in [2.05, 4.69) is 79.0 Å². The molecule has 0 rings (SSSR count). The van der Waals surface area contributed by atoms with Gasteiger partial charge in [0.05, 0.1) is 0 Å². The molecule has 130 valence electrons. The fourth-order valence-corrected chi connectivity index (χ4v) is 2.74. The Balaban J connectivity index is 0. The van der Waals surface area contributed by atoms with Crippen LogP contribution in [0.5, 0.6) is 0 Å². The smallest absolute Gasteiger partial charge is 0.00412 e. The first kappa shape index (κ1) is 23.2. The molecule has 0 aliphatic heterocycles. The fraction of sp³-hybridized carbons (Fsp3) is 1.00. The minimum Gasteiger partial charge on any atom is -0.303 e. The van der Waals surface area contributed by atoms with E-state index < -0.39 is 0 Å². The lowest BCUT2D eigenvalue weighted by Crippen LogP contribution is -2.37. The van der Waals surface area contributed by atoms with E-state index in [0.29, 0.717) is 12.1 Å². The third-order valence-corrected chi connectivity index (χ3v) is 3.50. The van der Waals surface area contributed by atoms with E-state index in [9.17, 15) is 0 Å². The van der Waals surface area contributed by atoms with Crippen LogP contribution in [0.25, 0.3) is 0 Å². The third kappa shape index (κ3) is 14.6. The van der Waals surface area contributed by atoms with Crippen LogP contribution in [-0.2, 0) is 0 Å². The van der Waals surface area contributed by atoms with E-state index in [4.69, 9.17) is 0 Å². The van der Waals surface area contributed by atoms with E-state index in [1.165, 1.54) is 32.6 Å². The predicted molar refractivity (Wildman–Crippen MR) is 99.1 cm³/mol. The summed E-state index contributed by atoms with van der Waals surface area (Å²) in [5.74, 6) is 1.60. The molecule has 0 atom stereocenters. The maximum atomic E-state index is 2.52. The van der Waals surface area contributed by atoms with Crippen LogP contribution in [0.2, 0.25) is 0 Å². The van der Waals surface area contributed by atoms with E-state index in [1.807, 2.05) is 0 Å². The summed E-state index contributed by atoms with van der Waals surface area (Å²) in [5, 5.41) is 0. The molecule has 0 N–H and O–H groups in total. The van der Waals surface area contributed by atoms with E-state index in [-0.39, 0.29) is 0 Å². The molecule has 2 heteroatoms. The molecule has 0 radical (unpaired) electrons. The Bertz CT molecular complexity index is 192. The number of rotatable bonds is 9. The van der Waals surface area contributed by atoms with E-state index in [1.54, 1.807) is 0 Å². The second-order valence-corrected chi connectivity index (χ2v) is 7.57. The molecule has 0 aromatic heterocycles. The maximum Gasteiger partial charge on any atom is 0.00412 e. The largest absolute Gasteiger partial charge is 0.303 e. The van der Waals surface area contributed by atoms with Crippen molar-refractivity contribution in [2.45, 2.75) is 87.7 Å². The van der Waals surface area contributed by atoms with Gasteiger partial charge in [0.2, 0.25) is 0 Å². The molecule has 0 heterocycles. The topological polar surface area (TPSA) is 6.48 Å². The van der Waals surface area contributed by atoms with Crippen molar-refractivity contribution < 1.29 is 0 Å². The number of hydrogen-bond acceptors (Lipinski definition) is 2. The van der Waals surface area contributed by atoms with Gasteiger partial charge in [0.1, 0.15) is 0 Å². The van der Waals surface area contributed by atoms with Crippen molar-refractivity contribution >= 4 is 0 Å². The zero-order valence-corrected chi connectivity index (χ0v) is 16.7. The zero-order chi connectivity index (χ0) is 17.0. The SMILES string of the molecule is CCCN(C(C)C)C(C)C.CCN(CC(C)C)CC(C)C. The van der Waals surface area contributed by atoms with Gasteiger partial charge in [-0.05, 0) is 59.0 Å². The highest BCUT2D eigenvalue weighted by Gasteiger charge is 2.10. The molecule has 0 saturated carbocycles. The molecule has 0 bridgehead atoms. The highest BCUT2D eigenvalue weighted by molar-refractivity contribution is 4.65. The van der Waals surface area contributed by atoms with Gasteiger partial charge in [-0.2, -0.15) is 0 Å². The lowest BCUT2D eigenvalue weighted by Gasteiger charge is -2.29. The molecule has 0 aromatic rings. The zero-order valence-electron chi connectivity index (χ0n) is 16.7. The molecule has 21 heavy (non-hydrogen) atoms. The summed E-state index contributed by atoms with van der Waals surface area (Å²) in [6, 6.07) is 1.39. The molecule has 2 nitrogen and oxygen atoms in total. The quantitative estimate of drug-likeness (QED) is 0.582. The first-order valence-corrected chi connectivity index (χ1v) is 9.13. The molecule has 0 aliphatic carbocycles. The molecule has 0 unspecified atom stereocenters. The normalized spacial score (nSPS) is 12.0. The van der Waals surface area contributed by atoms with Gasteiger partial charge in [0.15, 0.2) is 0 Å². The standard InChI is InChI=1S/C10H23N.C9H21N/c1-6-11(7-9(2)3)8-10(4)5;1-6-7-10(8(2)3)9(4)5/h9-10H,6-8H2,1-5H3;8-9H,6-7H2,1-5H3. The lowest BCUT2D eigenvalue weighted by molar-refractivity contribution is 0.175. The van der Waals surface area contributed by atoms with Gasteiger partial charge in [-0.3, -0.25) is 4.90 Å². The Hall–Kier alpha value is -0.0800. The van der Waals surface area contributed by atoms with Crippen molar-refractivity contribution in [1.82, 2.24) is 9.80 Å². The molecular weight excluding hydrogens is 256 g/mol. The van der Waals surface area contributed by atoms with Gasteiger partial charge in [-0.15, -0.1) is 0 Å². The highest BCUT2D eigenvalue weighted by Crippen LogP contribution is 2.04. The van der Waals surface area contributed by atoms with Gasteiger partial charge in [-0.1, -0.05) is 41.5 Å². The summed E-state index contributed by atoms with van der Waals surface area (Å²) >= 11 is 0. The summed E-state index contributed by atoms with van der Waals surface area (Å²) in [4.78, 5) is 5.04. The van der Waals surface area contributed by atoms with Crippen molar-refractivity contribution in [1.29, 1.82) is 0 Å². The first-order chi connectivity index (χ1) is 9.65. The Labute approximate surface area is 136 Å². The van der Waals surface area contributed by atoms with Gasteiger partial charge in [-0.25, -0.2) is 0 Å². The maximum absolute atomic E-state index is 2.52. The summed E-state index contributed by atoms with van der Waals surface area (Å²) in [6.45, 7) is 27.5. The molecule has 0 aromatic carbocycles. The van der Waals surface area contributed by atoms with Crippen molar-refractivity contribution in [2.24, 2.45) is 11.8 Å². The van der Waals surface area contributed by atoms with Crippen molar-refractivity contribution in [2.75, 3.05) is 26.2 Å². The van der Waals surface area contributed by atoms with E-state index in [0.717, 1.165) is 11.8 Å². The fourth-order valence-electron chi connectivity index (χ4n) is 2.74. The minimum absolute atomic E-state index is 0.694. The van der Waals surface area contributed by atoms with Crippen LogP contribution in [0.1, 0.15) is 75.7 Å². The molecule has 0 amide bonds. The average molecular weight is 301 g/mol. The lowest BCUT2D eigenvalue weighted by atomic mass is 10.1. The van der Waals surface area contributed by atoms with Gasteiger partial charge in [0.25, 0.3) is 0 Å². The highest BCUT2D eigenvalue weighted by atomic mass is 15.2. The molecule has 0 saturated heterocycles. The van der Waals surface area contributed by atoms with Crippen LogP contribution in [0.3, 0.4) is 0 Å². The van der Waals surface area contributed by atoms with Crippen LogP contribution in [0, 0.1) is 11.8 Å². The third-order valence-electron chi connectivity index (χ3n) is 3.50. The Morgan fingerprint density at radius 1 is 0.667 bits per heavy atom. The predicted octanol–water partition coefficient (Wildman–Crippen LogP) is 5.14. The Kier molecular flexibility index (Phi) is 15.0. The van der Waals surface area contributed by atoms with Gasteiger partial charge in [0, 0.05) is 25.2 Å². The van der Waals surface area contributed by atoms with Crippen molar-refractivity contribution in [3.8, 4) is 0 Å². The van der Waals surface area contributed by atoms with Crippen molar-refractivity contribution in [3.05, 3.63) is 0 Å². The summed E-state index contributed by atoms with van der Waals surface area (Å²) < 4.78 is 0. The van der Waals surface area contributed by atoms with Crippen LogP contribution >= 0.6 is 0 Å². The van der Waals surface area contributed by atoms with Crippen LogP contribution in [-0.4, -0.2) is 48.1 Å². The second kappa shape index (κ2) is 13.6. The summed E-state index contributed by atoms with van der Waals surface area (Å²) in [6.07, 6.45) is 1.26. The average Bonchev–Trinajstić information content (AvgIpc) is 2.33. The Morgan fingerprint density at radius 2 is 1.05 bits per heavy atom. The number of nitrogens with zero attached hydrogens (tertiary/aromatic N) is 2. The van der Waals surface area contributed by atoms with Gasteiger partial charge >= 0.3 is 0 Å². The van der Waals surface area contributed by atoms with E-state index >= 15 is 0 Å². The monoisotopic (exact) mass is 300 g/mol. The van der Waals surface area contributed by atoms with Crippen LogP contribution in [0.15, 0.2) is 0 Å². The van der Waals surface area contributed by atoms with Crippen LogP contribution < -0.4 is 0 Å². The Morgan fingerprint density at radius 3 is 1.19 bits per heavy atom. The first-order valence-electron chi connectivity index (χ1n) is 9.13. The molecular formula is C19H44N2. The second-order valence-electron chi connectivity index (χ2n) is 7.57. The summed E-state index contributed by atoms with van der Waals surface area (Å²) in [7, 11) is 0.